The van der Waals surface area contributed by atoms with E-state index in [2.05, 4.69) is 0 Å². The van der Waals surface area contributed by atoms with Crippen molar-refractivity contribution in [3.05, 3.63) is 70.8 Å². The fourth-order valence-electron chi connectivity index (χ4n) is 4.07. The Kier molecular flexibility index (Phi) is 5.45. The van der Waals surface area contributed by atoms with Crippen LogP contribution in [0, 0.1) is 13.8 Å². The lowest BCUT2D eigenvalue weighted by molar-refractivity contribution is -0.156. The van der Waals surface area contributed by atoms with E-state index in [4.69, 9.17) is 4.74 Å². The Morgan fingerprint density at radius 3 is 2.30 bits per heavy atom. The number of aryl methyl sites for hydroxylation is 2. The molecule has 0 aliphatic carbocycles. The number of Topliss-reactive ketones (excluding diaryl/α,β-unsaturated/α-hetero) is 1. The fourth-order valence-corrected chi connectivity index (χ4v) is 5.49. The minimum absolute atomic E-state index is 0.0267. The first-order valence-electron chi connectivity index (χ1n) is 10.1. The fraction of sp³-hybridized carbons (Fsp3) is 0.375. The molecule has 30 heavy (non-hydrogen) atoms. The number of esters is 1. The van der Waals surface area contributed by atoms with Gasteiger partial charge in [0.05, 0.1) is 4.87 Å². The SMILES string of the molecule is Cc1ccc(C(=O)[C@@H](OC(=O)[C@H]2CS[C@@]3(C)CCC(=O)N23)c2ccc(C)cc2)cc1. The number of ketones is 1. The summed E-state index contributed by atoms with van der Waals surface area (Å²) in [6, 6.07) is 14.0. The first-order chi connectivity index (χ1) is 14.3. The molecule has 0 N–H and O–H groups in total. The number of thioether (sulfide) groups is 1. The zero-order valence-corrected chi connectivity index (χ0v) is 18.2. The van der Waals surface area contributed by atoms with Gasteiger partial charge in [-0.25, -0.2) is 4.79 Å². The van der Waals surface area contributed by atoms with Gasteiger partial charge in [-0.15, -0.1) is 11.8 Å². The number of carbonyl (C=O) groups is 3. The van der Waals surface area contributed by atoms with E-state index in [-0.39, 0.29) is 16.6 Å². The largest absolute Gasteiger partial charge is 0.447 e. The molecule has 3 atom stereocenters. The summed E-state index contributed by atoms with van der Waals surface area (Å²) >= 11 is 1.61. The number of hydrogen-bond donors (Lipinski definition) is 0. The van der Waals surface area contributed by atoms with E-state index in [1.54, 1.807) is 28.8 Å². The molecule has 2 aromatic rings. The van der Waals surface area contributed by atoms with Gasteiger partial charge in [0.2, 0.25) is 11.7 Å². The number of ether oxygens (including phenoxy) is 1. The third-order valence-corrected chi connectivity index (χ3v) is 7.41. The topological polar surface area (TPSA) is 63.7 Å². The maximum atomic E-state index is 13.3. The molecule has 2 saturated heterocycles. The normalized spacial score (nSPS) is 23.9. The highest BCUT2D eigenvalue weighted by atomic mass is 32.2. The molecule has 0 spiro atoms. The molecule has 5 nitrogen and oxygen atoms in total. The minimum Gasteiger partial charge on any atom is -0.447 e. The minimum atomic E-state index is -1.05. The Morgan fingerprint density at radius 1 is 1.07 bits per heavy atom. The first-order valence-corrected chi connectivity index (χ1v) is 11.1. The van der Waals surface area contributed by atoms with E-state index in [1.165, 1.54) is 0 Å². The Hall–Kier alpha value is -2.60. The summed E-state index contributed by atoms with van der Waals surface area (Å²) in [5, 5.41) is 0. The van der Waals surface area contributed by atoms with Crippen molar-refractivity contribution in [2.75, 3.05) is 5.75 Å². The lowest BCUT2D eigenvalue weighted by Crippen LogP contribution is -2.47. The molecule has 2 aliphatic rings. The van der Waals surface area contributed by atoms with Crippen molar-refractivity contribution in [3.63, 3.8) is 0 Å². The second-order valence-corrected chi connectivity index (χ2v) is 9.72. The molecule has 6 heteroatoms. The average Bonchev–Trinajstić information content (AvgIpc) is 3.22. The van der Waals surface area contributed by atoms with Crippen LogP contribution in [0.25, 0.3) is 0 Å². The van der Waals surface area contributed by atoms with Crippen LogP contribution in [0.5, 0.6) is 0 Å². The summed E-state index contributed by atoms with van der Waals surface area (Å²) in [7, 11) is 0. The number of fused-ring (bicyclic) bond motifs is 1. The Morgan fingerprint density at radius 2 is 1.67 bits per heavy atom. The zero-order valence-electron chi connectivity index (χ0n) is 17.4. The van der Waals surface area contributed by atoms with Crippen molar-refractivity contribution >= 4 is 29.4 Å². The van der Waals surface area contributed by atoms with Gasteiger partial charge in [0, 0.05) is 23.3 Å². The van der Waals surface area contributed by atoms with Crippen molar-refractivity contribution in [2.24, 2.45) is 0 Å². The molecule has 0 radical (unpaired) electrons. The molecule has 0 unspecified atom stereocenters. The van der Waals surface area contributed by atoms with E-state index in [0.717, 1.165) is 17.5 Å². The summed E-state index contributed by atoms with van der Waals surface area (Å²) in [5.74, 6) is -0.331. The van der Waals surface area contributed by atoms with Crippen molar-refractivity contribution < 1.29 is 19.1 Å². The van der Waals surface area contributed by atoms with Gasteiger partial charge in [-0.05, 0) is 27.2 Å². The summed E-state index contributed by atoms with van der Waals surface area (Å²) in [4.78, 5) is 40.1. The van der Waals surface area contributed by atoms with Gasteiger partial charge in [0.1, 0.15) is 6.04 Å². The van der Waals surface area contributed by atoms with E-state index in [1.807, 2.05) is 57.2 Å². The van der Waals surface area contributed by atoms with Gasteiger partial charge >= 0.3 is 5.97 Å². The van der Waals surface area contributed by atoms with Crippen LogP contribution in [-0.4, -0.2) is 39.2 Å². The molecule has 2 fully saturated rings. The van der Waals surface area contributed by atoms with Crippen LogP contribution in [0.1, 0.15) is 52.9 Å². The van der Waals surface area contributed by atoms with Gasteiger partial charge < -0.3 is 9.64 Å². The van der Waals surface area contributed by atoms with Crippen molar-refractivity contribution in [1.29, 1.82) is 0 Å². The van der Waals surface area contributed by atoms with Crippen LogP contribution in [0.4, 0.5) is 0 Å². The molecule has 0 bridgehead atoms. The van der Waals surface area contributed by atoms with Gasteiger partial charge in [-0.3, -0.25) is 9.59 Å². The van der Waals surface area contributed by atoms with E-state index in [9.17, 15) is 14.4 Å². The molecule has 0 aromatic heterocycles. The molecule has 4 rings (SSSR count). The highest BCUT2D eigenvalue weighted by Gasteiger charge is 2.54. The molecular formula is C24H25NO4S. The molecule has 1 amide bonds. The first kappa shape index (κ1) is 20.7. The predicted octanol–water partition coefficient (Wildman–Crippen LogP) is 4.22. The summed E-state index contributed by atoms with van der Waals surface area (Å²) in [5.41, 5.74) is 3.21. The number of amides is 1. The van der Waals surface area contributed by atoms with Gasteiger partial charge in [0.15, 0.2) is 6.10 Å². The second-order valence-electron chi connectivity index (χ2n) is 8.22. The van der Waals surface area contributed by atoms with E-state index >= 15 is 0 Å². The van der Waals surface area contributed by atoms with Crippen molar-refractivity contribution in [2.45, 2.75) is 50.6 Å². The van der Waals surface area contributed by atoms with Crippen LogP contribution in [0.3, 0.4) is 0 Å². The van der Waals surface area contributed by atoms with Crippen LogP contribution in [0.2, 0.25) is 0 Å². The summed E-state index contributed by atoms with van der Waals surface area (Å²) in [6.45, 7) is 5.90. The molecule has 156 valence electrons. The van der Waals surface area contributed by atoms with Crippen LogP contribution in [-0.2, 0) is 14.3 Å². The number of hydrogen-bond acceptors (Lipinski definition) is 5. The van der Waals surface area contributed by atoms with Gasteiger partial charge in [0.25, 0.3) is 0 Å². The number of nitrogens with zero attached hydrogens (tertiary/aromatic N) is 1. The lowest BCUT2D eigenvalue weighted by atomic mass is 9.98. The Balaban J connectivity index is 1.62. The van der Waals surface area contributed by atoms with E-state index in [0.29, 0.717) is 23.3 Å². The Bertz CT molecular complexity index is 985. The molecule has 0 saturated carbocycles. The number of benzene rings is 2. The quantitative estimate of drug-likeness (QED) is 0.532. The monoisotopic (exact) mass is 423 g/mol. The number of carbonyl (C=O) groups excluding carboxylic acids is 3. The number of rotatable bonds is 5. The zero-order chi connectivity index (χ0) is 21.5. The smallest absolute Gasteiger partial charge is 0.330 e. The third kappa shape index (κ3) is 3.76. The molecule has 2 heterocycles. The third-order valence-electron chi connectivity index (χ3n) is 5.91. The predicted molar refractivity (Wildman–Crippen MR) is 116 cm³/mol. The average molecular weight is 424 g/mol. The van der Waals surface area contributed by atoms with Crippen molar-refractivity contribution in [1.82, 2.24) is 4.90 Å². The van der Waals surface area contributed by atoms with Gasteiger partial charge in [-0.1, -0.05) is 59.7 Å². The van der Waals surface area contributed by atoms with Crippen LogP contribution < -0.4 is 0 Å². The van der Waals surface area contributed by atoms with Crippen LogP contribution >= 0.6 is 11.8 Å². The molecular weight excluding hydrogens is 398 g/mol. The summed E-state index contributed by atoms with van der Waals surface area (Å²) < 4.78 is 5.81. The van der Waals surface area contributed by atoms with Crippen molar-refractivity contribution in [3.8, 4) is 0 Å². The maximum absolute atomic E-state index is 13.3. The van der Waals surface area contributed by atoms with E-state index < -0.39 is 18.1 Å². The Labute approximate surface area is 180 Å². The second kappa shape index (κ2) is 7.91. The molecule has 2 aromatic carbocycles. The molecule has 2 aliphatic heterocycles. The van der Waals surface area contributed by atoms with Crippen LogP contribution in [0.15, 0.2) is 48.5 Å². The lowest BCUT2D eigenvalue weighted by Gasteiger charge is -2.30. The summed E-state index contributed by atoms with van der Waals surface area (Å²) in [6.07, 6.45) is 0.122. The highest BCUT2D eigenvalue weighted by molar-refractivity contribution is 8.01. The standard InChI is InChI=1S/C24H25NO4S/c1-15-4-8-17(9-5-15)21(27)22(18-10-6-16(2)7-11-18)29-23(28)19-14-30-24(3)13-12-20(26)25(19)24/h4-11,19,22H,12-14H2,1-3H3/t19-,22+,24+/m1/s1. The van der Waals surface area contributed by atoms with Gasteiger partial charge in [-0.2, -0.15) is 0 Å². The maximum Gasteiger partial charge on any atom is 0.330 e. The highest BCUT2D eigenvalue weighted by Crippen LogP contribution is 2.47.